The third-order valence-electron chi connectivity index (χ3n) is 3.10. The average Bonchev–Trinajstić information content (AvgIpc) is 2.88. The van der Waals surface area contributed by atoms with Crippen LogP contribution >= 0.6 is 11.6 Å². The minimum Gasteiger partial charge on any atom is -0.444 e. The Morgan fingerprint density at radius 1 is 1.21 bits per heavy atom. The summed E-state index contributed by atoms with van der Waals surface area (Å²) in [5.74, 6) is 0.474. The van der Waals surface area contributed by atoms with E-state index in [1.54, 1.807) is 30.3 Å². The molecule has 5 nitrogen and oxygen atoms in total. The van der Waals surface area contributed by atoms with Crippen molar-refractivity contribution < 1.29 is 13.9 Å². The van der Waals surface area contributed by atoms with Gasteiger partial charge in [0.25, 0.3) is 0 Å². The Labute approximate surface area is 144 Å². The molecule has 0 aliphatic carbocycles. The highest BCUT2D eigenvalue weighted by Crippen LogP contribution is 2.27. The highest BCUT2D eigenvalue weighted by atomic mass is 35.5. The predicted molar refractivity (Wildman–Crippen MR) is 94.3 cm³/mol. The maximum atomic E-state index is 11.8. The first-order valence-electron chi connectivity index (χ1n) is 7.47. The summed E-state index contributed by atoms with van der Waals surface area (Å²) in [6.45, 7) is 5.43. The van der Waals surface area contributed by atoms with Crippen molar-refractivity contribution in [1.29, 1.82) is 0 Å². The Morgan fingerprint density at radius 3 is 2.71 bits per heavy atom. The lowest BCUT2D eigenvalue weighted by Crippen LogP contribution is -2.27. The molecule has 1 N–H and O–H groups in total. The van der Waals surface area contributed by atoms with Gasteiger partial charge in [0.15, 0.2) is 5.58 Å². The smallest absolute Gasteiger partial charge is 0.412 e. The van der Waals surface area contributed by atoms with Crippen LogP contribution < -0.4 is 5.32 Å². The highest BCUT2D eigenvalue weighted by Gasteiger charge is 2.17. The van der Waals surface area contributed by atoms with Gasteiger partial charge in [-0.1, -0.05) is 17.7 Å². The fraction of sp³-hybridized carbons (Fsp3) is 0.222. The molecule has 0 saturated heterocycles. The third-order valence-corrected chi connectivity index (χ3v) is 3.34. The van der Waals surface area contributed by atoms with Gasteiger partial charge in [0, 0.05) is 16.3 Å². The van der Waals surface area contributed by atoms with Crippen LogP contribution in [0.25, 0.3) is 22.6 Å². The Bertz CT molecular complexity index is 897. The average molecular weight is 345 g/mol. The van der Waals surface area contributed by atoms with Crippen molar-refractivity contribution in [3.63, 3.8) is 0 Å². The SMILES string of the molecule is CC(C)(C)OC(=O)Nc1ccc2oc(-c3cccc(Cl)c3)nc2c1. The van der Waals surface area contributed by atoms with E-state index in [2.05, 4.69) is 10.3 Å². The predicted octanol–water partition coefficient (Wildman–Crippen LogP) is 5.50. The fourth-order valence-corrected chi connectivity index (χ4v) is 2.36. The summed E-state index contributed by atoms with van der Waals surface area (Å²) in [6.07, 6.45) is -0.514. The van der Waals surface area contributed by atoms with Gasteiger partial charge in [0.2, 0.25) is 5.89 Å². The largest absolute Gasteiger partial charge is 0.444 e. The van der Waals surface area contributed by atoms with Gasteiger partial charge in [-0.3, -0.25) is 5.32 Å². The number of ether oxygens (including phenoxy) is 1. The molecule has 0 radical (unpaired) electrons. The molecule has 124 valence electrons. The van der Waals surface area contributed by atoms with E-state index in [1.165, 1.54) is 0 Å². The number of aromatic nitrogens is 1. The fourth-order valence-electron chi connectivity index (χ4n) is 2.17. The zero-order valence-electron chi connectivity index (χ0n) is 13.6. The van der Waals surface area contributed by atoms with E-state index in [-0.39, 0.29) is 0 Å². The second-order valence-electron chi connectivity index (χ2n) is 6.34. The molecule has 24 heavy (non-hydrogen) atoms. The molecular weight excluding hydrogens is 328 g/mol. The van der Waals surface area contributed by atoms with Gasteiger partial charge in [-0.05, 0) is 57.2 Å². The lowest BCUT2D eigenvalue weighted by atomic mass is 10.2. The van der Waals surface area contributed by atoms with Crippen molar-refractivity contribution in [2.75, 3.05) is 5.32 Å². The van der Waals surface area contributed by atoms with Crippen LogP contribution in [0.2, 0.25) is 5.02 Å². The number of hydrogen-bond acceptors (Lipinski definition) is 4. The van der Waals surface area contributed by atoms with Gasteiger partial charge in [0.1, 0.15) is 11.1 Å². The van der Waals surface area contributed by atoms with Crippen LogP contribution in [0.15, 0.2) is 46.9 Å². The number of hydrogen-bond donors (Lipinski definition) is 1. The summed E-state index contributed by atoms with van der Waals surface area (Å²) in [5.41, 5.74) is 2.09. The second-order valence-corrected chi connectivity index (χ2v) is 6.78. The summed E-state index contributed by atoms with van der Waals surface area (Å²) >= 11 is 6.00. The summed E-state index contributed by atoms with van der Waals surface area (Å²) in [4.78, 5) is 16.3. The Kier molecular flexibility index (Phi) is 4.20. The molecule has 3 aromatic rings. The number of rotatable bonds is 2. The molecule has 2 aromatic carbocycles. The van der Waals surface area contributed by atoms with Gasteiger partial charge >= 0.3 is 6.09 Å². The quantitative estimate of drug-likeness (QED) is 0.667. The van der Waals surface area contributed by atoms with Crippen molar-refractivity contribution in [3.05, 3.63) is 47.5 Å². The van der Waals surface area contributed by atoms with E-state index in [0.717, 1.165) is 5.56 Å². The molecule has 0 spiro atoms. The second kappa shape index (κ2) is 6.17. The summed E-state index contributed by atoms with van der Waals surface area (Å²) in [5, 5.41) is 3.30. The molecule has 6 heteroatoms. The Morgan fingerprint density at radius 2 is 2.00 bits per heavy atom. The lowest BCUT2D eigenvalue weighted by Gasteiger charge is -2.19. The number of halogens is 1. The number of oxazole rings is 1. The van der Waals surface area contributed by atoms with E-state index in [1.807, 2.05) is 32.9 Å². The standard InChI is InChI=1S/C18H17ClN2O3/c1-18(2,3)24-17(22)20-13-7-8-15-14(10-13)21-16(23-15)11-5-4-6-12(19)9-11/h4-10H,1-3H3,(H,20,22). The maximum Gasteiger partial charge on any atom is 0.412 e. The number of carbonyl (C=O) groups is 1. The number of anilines is 1. The van der Waals surface area contributed by atoms with Crippen molar-refractivity contribution >= 4 is 34.5 Å². The topological polar surface area (TPSA) is 64.4 Å². The van der Waals surface area contributed by atoms with Gasteiger partial charge in [-0.2, -0.15) is 0 Å². The molecule has 1 aromatic heterocycles. The first kappa shape index (κ1) is 16.3. The van der Waals surface area contributed by atoms with E-state index in [4.69, 9.17) is 20.8 Å². The lowest BCUT2D eigenvalue weighted by molar-refractivity contribution is 0.0636. The van der Waals surface area contributed by atoms with Crippen molar-refractivity contribution in [3.8, 4) is 11.5 Å². The first-order chi connectivity index (χ1) is 11.3. The third kappa shape index (κ3) is 3.86. The number of carbonyl (C=O) groups excluding carboxylic acids is 1. The van der Waals surface area contributed by atoms with Crippen LogP contribution in [0, 0.1) is 0 Å². The number of nitrogens with zero attached hydrogens (tertiary/aromatic N) is 1. The normalized spacial score (nSPS) is 11.5. The molecule has 0 aliphatic rings. The van der Waals surface area contributed by atoms with E-state index < -0.39 is 11.7 Å². The molecule has 0 aliphatic heterocycles. The number of amides is 1. The van der Waals surface area contributed by atoms with Crippen LogP contribution in [-0.4, -0.2) is 16.7 Å². The summed E-state index contributed by atoms with van der Waals surface area (Å²) in [6, 6.07) is 12.5. The van der Waals surface area contributed by atoms with Gasteiger partial charge in [0.05, 0.1) is 0 Å². The van der Waals surface area contributed by atoms with Crippen LogP contribution in [0.3, 0.4) is 0 Å². The monoisotopic (exact) mass is 344 g/mol. The van der Waals surface area contributed by atoms with E-state index in [0.29, 0.717) is 27.7 Å². The van der Waals surface area contributed by atoms with Gasteiger partial charge in [-0.15, -0.1) is 0 Å². The minimum atomic E-state index is -0.554. The Balaban J connectivity index is 1.85. The summed E-state index contributed by atoms with van der Waals surface area (Å²) < 4.78 is 11.0. The molecule has 0 bridgehead atoms. The minimum absolute atomic E-state index is 0.474. The number of fused-ring (bicyclic) bond motifs is 1. The zero-order chi connectivity index (χ0) is 17.3. The van der Waals surface area contributed by atoms with Gasteiger partial charge < -0.3 is 9.15 Å². The first-order valence-corrected chi connectivity index (χ1v) is 7.84. The zero-order valence-corrected chi connectivity index (χ0v) is 14.3. The molecule has 1 heterocycles. The van der Waals surface area contributed by atoms with Crippen molar-refractivity contribution in [1.82, 2.24) is 4.98 Å². The van der Waals surface area contributed by atoms with Crippen LogP contribution in [-0.2, 0) is 4.74 Å². The highest BCUT2D eigenvalue weighted by molar-refractivity contribution is 6.30. The Hall–Kier alpha value is -2.53. The van der Waals surface area contributed by atoms with Crippen molar-refractivity contribution in [2.24, 2.45) is 0 Å². The molecule has 1 amide bonds. The molecule has 3 rings (SSSR count). The van der Waals surface area contributed by atoms with E-state index >= 15 is 0 Å². The molecule has 0 fully saturated rings. The molecular formula is C18H17ClN2O3. The van der Waals surface area contributed by atoms with Crippen LogP contribution in [0.4, 0.5) is 10.5 Å². The number of nitrogens with one attached hydrogen (secondary N) is 1. The maximum absolute atomic E-state index is 11.8. The molecule has 0 saturated carbocycles. The van der Waals surface area contributed by atoms with Gasteiger partial charge in [-0.25, -0.2) is 9.78 Å². The van der Waals surface area contributed by atoms with Crippen LogP contribution in [0.5, 0.6) is 0 Å². The van der Waals surface area contributed by atoms with Crippen LogP contribution in [0.1, 0.15) is 20.8 Å². The molecule has 0 unspecified atom stereocenters. The van der Waals surface area contributed by atoms with E-state index in [9.17, 15) is 4.79 Å². The molecule has 0 atom stereocenters. The number of benzene rings is 2. The summed E-state index contributed by atoms with van der Waals surface area (Å²) in [7, 11) is 0. The van der Waals surface area contributed by atoms with Crippen molar-refractivity contribution in [2.45, 2.75) is 26.4 Å².